The summed E-state index contributed by atoms with van der Waals surface area (Å²) in [5, 5.41) is 0. The summed E-state index contributed by atoms with van der Waals surface area (Å²) in [5.41, 5.74) is 7.62. The zero-order valence-corrected chi connectivity index (χ0v) is 15.6. The second-order valence-corrected chi connectivity index (χ2v) is 5.51. The van der Waals surface area contributed by atoms with Gasteiger partial charge >= 0.3 is 0 Å². The van der Waals surface area contributed by atoms with E-state index in [9.17, 15) is 4.79 Å². The molecule has 23 heavy (non-hydrogen) atoms. The van der Waals surface area contributed by atoms with Gasteiger partial charge in [0.1, 0.15) is 5.71 Å². The average Bonchev–Trinajstić information content (AvgIpc) is 2.54. The molecule has 0 radical (unpaired) electrons. The molecule has 0 saturated carbocycles. The first-order valence-electron chi connectivity index (χ1n) is 6.97. The van der Waals surface area contributed by atoms with Crippen molar-refractivity contribution in [3.8, 4) is 0 Å². The lowest BCUT2D eigenvalue weighted by molar-refractivity contribution is -0.122. The number of amides is 1. The minimum absolute atomic E-state index is 0.223. The monoisotopic (exact) mass is 377 g/mol. The van der Waals surface area contributed by atoms with Crippen molar-refractivity contribution in [3.63, 3.8) is 0 Å². The van der Waals surface area contributed by atoms with Crippen molar-refractivity contribution < 1.29 is 4.79 Å². The van der Waals surface area contributed by atoms with E-state index in [0.29, 0.717) is 16.6 Å². The van der Waals surface area contributed by atoms with E-state index < -0.39 is 0 Å². The lowest BCUT2D eigenvalue weighted by Gasteiger charge is -2.20. The lowest BCUT2D eigenvalue weighted by atomic mass is 10.1. The van der Waals surface area contributed by atoms with Gasteiger partial charge in [-0.15, -0.1) is 0 Å². The van der Waals surface area contributed by atoms with E-state index >= 15 is 0 Å². The zero-order valence-electron chi connectivity index (χ0n) is 14.0. The molecular formula is C18H24BrN3O. The van der Waals surface area contributed by atoms with Gasteiger partial charge in [0, 0.05) is 36.4 Å². The van der Waals surface area contributed by atoms with E-state index in [1.807, 2.05) is 25.2 Å². The Morgan fingerprint density at radius 2 is 1.96 bits per heavy atom. The van der Waals surface area contributed by atoms with Crippen LogP contribution in [-0.4, -0.2) is 37.2 Å². The van der Waals surface area contributed by atoms with E-state index in [-0.39, 0.29) is 17.3 Å². The molecule has 0 heterocycles. The number of likely N-dealkylation sites (N-methyl/N-ethyl adjacent to an activating group) is 1. The third kappa shape index (κ3) is 6.24. The highest BCUT2D eigenvalue weighted by atomic mass is 79.9. The standard InChI is InChI=1S/C18H24BrN3O/c1-7-10-11-14(8-2)12-22(6)18(23)17(21-5)16(13(4)20)15(19)9-3/h7-11H,2-4,12,20H2,1,5-6H3/b10-7-,14-11+,16-15-,21-17?. The van der Waals surface area contributed by atoms with Crippen LogP contribution in [0.3, 0.4) is 0 Å². The molecule has 0 aromatic heterocycles. The molecule has 0 saturated heterocycles. The van der Waals surface area contributed by atoms with Crippen LogP contribution in [0.4, 0.5) is 0 Å². The Balaban J connectivity index is 5.59. The second-order valence-electron chi connectivity index (χ2n) is 4.66. The molecule has 0 unspecified atom stereocenters. The summed E-state index contributed by atoms with van der Waals surface area (Å²) in [6, 6.07) is 0. The van der Waals surface area contributed by atoms with Gasteiger partial charge in [-0.1, -0.05) is 66.0 Å². The van der Waals surface area contributed by atoms with Crippen LogP contribution >= 0.6 is 15.9 Å². The van der Waals surface area contributed by atoms with Gasteiger partial charge in [0.05, 0.1) is 0 Å². The van der Waals surface area contributed by atoms with Crippen molar-refractivity contribution in [1.82, 2.24) is 4.90 Å². The Labute approximate surface area is 147 Å². The highest BCUT2D eigenvalue weighted by Crippen LogP contribution is 2.20. The maximum Gasteiger partial charge on any atom is 0.272 e. The van der Waals surface area contributed by atoms with Gasteiger partial charge in [0.15, 0.2) is 0 Å². The Bertz CT molecular complexity index is 610. The van der Waals surface area contributed by atoms with Gasteiger partial charge in [-0.2, -0.15) is 0 Å². The molecule has 124 valence electrons. The Kier molecular flexibility index (Phi) is 9.58. The van der Waals surface area contributed by atoms with Crippen molar-refractivity contribution in [3.05, 3.63) is 71.4 Å². The number of carbonyl (C=O) groups is 1. The predicted molar refractivity (Wildman–Crippen MR) is 104 cm³/mol. The Hall–Kier alpha value is -2.14. The first-order chi connectivity index (χ1) is 10.8. The molecule has 0 fully saturated rings. The van der Waals surface area contributed by atoms with Crippen LogP contribution in [0.5, 0.6) is 0 Å². The smallest absolute Gasteiger partial charge is 0.272 e. The molecule has 0 aromatic carbocycles. The van der Waals surface area contributed by atoms with Crippen molar-refractivity contribution >= 4 is 27.5 Å². The fourth-order valence-electron chi connectivity index (χ4n) is 1.77. The lowest BCUT2D eigenvalue weighted by Crippen LogP contribution is -2.36. The van der Waals surface area contributed by atoms with Crippen LogP contribution in [0.1, 0.15) is 6.92 Å². The van der Waals surface area contributed by atoms with Gasteiger partial charge in [-0.3, -0.25) is 9.79 Å². The molecule has 4 nitrogen and oxygen atoms in total. The van der Waals surface area contributed by atoms with E-state index in [2.05, 4.69) is 40.7 Å². The number of rotatable bonds is 8. The SMILES string of the molecule is C=C/C(Br)=C(\C(=C)N)C(=NC)C(=O)N(C)C/C(C=C)=C/C=C\C. The molecule has 0 rings (SSSR count). The number of halogens is 1. The minimum atomic E-state index is -0.263. The highest BCUT2D eigenvalue weighted by molar-refractivity contribution is 9.12. The van der Waals surface area contributed by atoms with Crippen molar-refractivity contribution in [1.29, 1.82) is 0 Å². The molecule has 0 atom stereocenters. The number of aliphatic imine (C=N–C) groups is 1. The summed E-state index contributed by atoms with van der Waals surface area (Å²) >= 11 is 3.33. The van der Waals surface area contributed by atoms with Crippen molar-refractivity contribution in [2.45, 2.75) is 6.92 Å². The fourth-order valence-corrected chi connectivity index (χ4v) is 2.21. The number of nitrogens with two attached hydrogens (primary N) is 1. The number of hydrogen-bond donors (Lipinski definition) is 1. The Morgan fingerprint density at radius 3 is 2.35 bits per heavy atom. The third-order valence-electron chi connectivity index (χ3n) is 2.93. The van der Waals surface area contributed by atoms with Gasteiger partial charge in [0.2, 0.25) is 0 Å². The number of nitrogens with zero attached hydrogens (tertiary/aromatic N) is 2. The third-order valence-corrected chi connectivity index (χ3v) is 3.65. The van der Waals surface area contributed by atoms with Crippen LogP contribution in [0.2, 0.25) is 0 Å². The molecule has 0 spiro atoms. The zero-order chi connectivity index (χ0) is 18.0. The number of hydrogen-bond acceptors (Lipinski definition) is 3. The maximum absolute atomic E-state index is 12.7. The van der Waals surface area contributed by atoms with Gasteiger partial charge < -0.3 is 10.6 Å². The first-order valence-corrected chi connectivity index (χ1v) is 7.77. The van der Waals surface area contributed by atoms with Crippen molar-refractivity contribution in [2.24, 2.45) is 10.7 Å². The quantitative estimate of drug-likeness (QED) is 0.519. The molecular weight excluding hydrogens is 354 g/mol. The van der Waals surface area contributed by atoms with E-state index in [1.165, 1.54) is 7.05 Å². The second kappa shape index (κ2) is 10.6. The van der Waals surface area contributed by atoms with E-state index in [1.54, 1.807) is 24.1 Å². The molecule has 0 aromatic rings. The highest BCUT2D eigenvalue weighted by Gasteiger charge is 2.22. The topological polar surface area (TPSA) is 58.7 Å². The largest absolute Gasteiger partial charge is 0.399 e. The van der Waals surface area contributed by atoms with Gasteiger partial charge in [-0.25, -0.2) is 0 Å². The van der Waals surface area contributed by atoms with Crippen molar-refractivity contribution in [2.75, 3.05) is 20.6 Å². The van der Waals surface area contributed by atoms with Crippen LogP contribution in [0.25, 0.3) is 0 Å². The summed E-state index contributed by atoms with van der Waals surface area (Å²) in [6.07, 6.45) is 8.96. The molecule has 5 heteroatoms. The first kappa shape index (κ1) is 20.9. The number of allylic oxidation sites excluding steroid dienone is 6. The molecule has 0 bridgehead atoms. The average molecular weight is 378 g/mol. The van der Waals surface area contributed by atoms with Gasteiger partial charge in [0.25, 0.3) is 5.91 Å². The molecule has 0 aliphatic rings. The van der Waals surface area contributed by atoms with Crippen LogP contribution < -0.4 is 5.73 Å². The minimum Gasteiger partial charge on any atom is -0.399 e. The summed E-state index contributed by atoms with van der Waals surface area (Å²) in [4.78, 5) is 18.3. The summed E-state index contributed by atoms with van der Waals surface area (Å²) < 4.78 is 0.570. The molecule has 2 N–H and O–H groups in total. The normalized spacial score (nSPS) is 13.6. The Morgan fingerprint density at radius 1 is 1.35 bits per heavy atom. The number of carbonyl (C=O) groups excluding carboxylic acids is 1. The van der Waals surface area contributed by atoms with Crippen LogP contribution in [0, 0.1) is 0 Å². The fraction of sp³-hybridized carbons (Fsp3) is 0.222. The van der Waals surface area contributed by atoms with Gasteiger partial charge in [-0.05, 0) is 12.5 Å². The molecule has 1 amide bonds. The van der Waals surface area contributed by atoms with Crippen LogP contribution in [-0.2, 0) is 4.79 Å². The maximum atomic E-state index is 12.7. The van der Waals surface area contributed by atoms with E-state index in [4.69, 9.17) is 5.73 Å². The summed E-state index contributed by atoms with van der Waals surface area (Å²) in [7, 11) is 3.23. The van der Waals surface area contributed by atoms with Crippen LogP contribution in [0.15, 0.2) is 76.4 Å². The van der Waals surface area contributed by atoms with E-state index in [0.717, 1.165) is 5.57 Å². The summed E-state index contributed by atoms with van der Waals surface area (Å²) in [6.45, 7) is 13.5. The molecule has 0 aliphatic carbocycles. The predicted octanol–water partition coefficient (Wildman–Crippen LogP) is 3.51. The summed E-state index contributed by atoms with van der Waals surface area (Å²) in [5.74, 6) is -0.263. The molecule has 0 aliphatic heterocycles.